The molecule has 0 aliphatic heterocycles. The van der Waals surface area contributed by atoms with Crippen LogP contribution in [0.3, 0.4) is 0 Å². The molecule has 0 aliphatic rings. The van der Waals surface area contributed by atoms with E-state index in [9.17, 15) is 4.79 Å². The first-order chi connectivity index (χ1) is 7.65. The number of carboxylic acids is 1. The van der Waals surface area contributed by atoms with Crippen molar-refractivity contribution >= 4 is 5.97 Å². The van der Waals surface area contributed by atoms with Crippen molar-refractivity contribution in [3.63, 3.8) is 0 Å². The molecule has 0 saturated heterocycles. The number of nitrogens with zero attached hydrogens (tertiary/aromatic N) is 2. The normalized spacial score (nSPS) is 12.7. The topological polar surface area (TPSA) is 53.4 Å². The number of likely N-dealkylation sites (N-methyl/N-ethyl adjacent to an activating group) is 1. The van der Waals surface area contributed by atoms with Crippen LogP contribution in [-0.2, 0) is 11.3 Å². The maximum atomic E-state index is 11.1. The maximum Gasteiger partial charge on any atom is 0.320 e. The van der Waals surface area contributed by atoms with Gasteiger partial charge < -0.3 is 5.11 Å². The summed E-state index contributed by atoms with van der Waals surface area (Å²) in [7, 11) is 1.82. The minimum Gasteiger partial charge on any atom is -0.480 e. The minimum atomic E-state index is -0.764. The highest BCUT2D eigenvalue weighted by molar-refractivity contribution is 5.73. The lowest BCUT2D eigenvalue weighted by atomic mass is 10.1. The van der Waals surface area contributed by atoms with Gasteiger partial charge in [0.05, 0.1) is 5.69 Å². The van der Waals surface area contributed by atoms with Gasteiger partial charge in [0.15, 0.2) is 0 Å². The Morgan fingerprint density at radius 3 is 2.81 bits per heavy atom. The summed E-state index contributed by atoms with van der Waals surface area (Å²) >= 11 is 0. The van der Waals surface area contributed by atoms with Gasteiger partial charge in [0, 0.05) is 12.7 Å². The van der Waals surface area contributed by atoms with Crippen LogP contribution in [0, 0.1) is 0 Å². The van der Waals surface area contributed by atoms with Gasteiger partial charge >= 0.3 is 5.97 Å². The highest BCUT2D eigenvalue weighted by atomic mass is 16.4. The first-order valence-electron chi connectivity index (χ1n) is 5.48. The van der Waals surface area contributed by atoms with Gasteiger partial charge in [-0.25, -0.2) is 0 Å². The van der Waals surface area contributed by atoms with Crippen molar-refractivity contribution in [1.29, 1.82) is 0 Å². The molecular weight excluding hydrogens is 204 g/mol. The Kier molecular flexibility index (Phi) is 4.92. The van der Waals surface area contributed by atoms with Crippen LogP contribution in [0.4, 0.5) is 0 Å². The SMILES string of the molecule is CCCC(C(=O)O)N(C)Cc1ccccn1. The number of aromatic nitrogens is 1. The van der Waals surface area contributed by atoms with Crippen LogP contribution >= 0.6 is 0 Å². The number of aliphatic carboxylic acids is 1. The maximum absolute atomic E-state index is 11.1. The van der Waals surface area contributed by atoms with E-state index in [0.29, 0.717) is 13.0 Å². The van der Waals surface area contributed by atoms with Gasteiger partial charge in [-0.1, -0.05) is 19.4 Å². The van der Waals surface area contributed by atoms with Crippen LogP contribution in [0.25, 0.3) is 0 Å². The zero-order valence-electron chi connectivity index (χ0n) is 9.76. The summed E-state index contributed by atoms with van der Waals surface area (Å²) in [6, 6.07) is 5.24. The molecule has 0 aliphatic carbocycles. The molecule has 4 heteroatoms. The van der Waals surface area contributed by atoms with E-state index in [-0.39, 0.29) is 0 Å². The summed E-state index contributed by atoms with van der Waals surface area (Å²) in [6.07, 6.45) is 3.25. The smallest absolute Gasteiger partial charge is 0.320 e. The molecule has 1 heterocycles. The highest BCUT2D eigenvalue weighted by Crippen LogP contribution is 2.09. The molecule has 0 radical (unpaired) electrons. The van der Waals surface area contributed by atoms with Crippen molar-refractivity contribution in [2.75, 3.05) is 7.05 Å². The third kappa shape index (κ3) is 3.62. The summed E-state index contributed by atoms with van der Waals surface area (Å²) in [5, 5.41) is 9.09. The van der Waals surface area contributed by atoms with Gasteiger partial charge in [-0.05, 0) is 25.6 Å². The van der Waals surface area contributed by atoms with E-state index in [1.54, 1.807) is 6.20 Å². The Bertz CT molecular complexity index is 327. The van der Waals surface area contributed by atoms with Crippen molar-refractivity contribution in [2.24, 2.45) is 0 Å². The first kappa shape index (κ1) is 12.6. The lowest BCUT2D eigenvalue weighted by Gasteiger charge is -2.23. The number of rotatable bonds is 6. The number of pyridine rings is 1. The van der Waals surface area contributed by atoms with E-state index in [1.165, 1.54) is 0 Å². The molecule has 1 unspecified atom stereocenters. The first-order valence-corrected chi connectivity index (χ1v) is 5.48. The Balaban J connectivity index is 2.62. The molecule has 1 rings (SSSR count). The third-order valence-electron chi connectivity index (χ3n) is 2.52. The molecule has 0 spiro atoms. The molecule has 88 valence electrons. The van der Waals surface area contributed by atoms with E-state index in [0.717, 1.165) is 12.1 Å². The number of hydrogen-bond donors (Lipinski definition) is 1. The van der Waals surface area contributed by atoms with Crippen molar-refractivity contribution in [1.82, 2.24) is 9.88 Å². The second-order valence-corrected chi connectivity index (χ2v) is 3.88. The highest BCUT2D eigenvalue weighted by Gasteiger charge is 2.21. The van der Waals surface area contributed by atoms with Gasteiger partial charge in [0.25, 0.3) is 0 Å². The second-order valence-electron chi connectivity index (χ2n) is 3.88. The number of carboxylic acid groups (broad SMARTS) is 1. The summed E-state index contributed by atoms with van der Waals surface area (Å²) < 4.78 is 0. The van der Waals surface area contributed by atoms with Gasteiger partial charge in [-0.3, -0.25) is 14.7 Å². The molecule has 16 heavy (non-hydrogen) atoms. The van der Waals surface area contributed by atoms with Gasteiger partial charge in [-0.2, -0.15) is 0 Å². The van der Waals surface area contributed by atoms with Gasteiger partial charge in [0.2, 0.25) is 0 Å². The predicted octanol–water partition coefficient (Wildman–Crippen LogP) is 1.77. The zero-order valence-corrected chi connectivity index (χ0v) is 9.76. The zero-order chi connectivity index (χ0) is 12.0. The van der Waals surface area contributed by atoms with Gasteiger partial charge in [-0.15, -0.1) is 0 Å². The summed E-state index contributed by atoms with van der Waals surface area (Å²) in [5.74, 6) is -0.764. The Morgan fingerprint density at radius 2 is 2.31 bits per heavy atom. The Morgan fingerprint density at radius 1 is 1.56 bits per heavy atom. The molecule has 1 aromatic heterocycles. The fraction of sp³-hybridized carbons (Fsp3) is 0.500. The van der Waals surface area contributed by atoms with Crippen LogP contribution in [0.5, 0.6) is 0 Å². The van der Waals surface area contributed by atoms with Crippen LogP contribution in [-0.4, -0.2) is 34.0 Å². The summed E-state index contributed by atoms with van der Waals surface area (Å²) in [6.45, 7) is 2.56. The van der Waals surface area contributed by atoms with E-state index in [2.05, 4.69) is 4.98 Å². The third-order valence-corrected chi connectivity index (χ3v) is 2.52. The van der Waals surface area contributed by atoms with E-state index >= 15 is 0 Å². The van der Waals surface area contributed by atoms with E-state index in [1.807, 2.05) is 37.1 Å². The molecule has 0 amide bonds. The molecule has 0 fully saturated rings. The predicted molar refractivity (Wildman–Crippen MR) is 62.0 cm³/mol. The molecular formula is C12H18N2O2. The van der Waals surface area contributed by atoms with Crippen molar-refractivity contribution in [3.8, 4) is 0 Å². The standard InChI is InChI=1S/C12H18N2O2/c1-3-6-11(12(15)16)14(2)9-10-7-4-5-8-13-10/h4-5,7-8,11H,3,6,9H2,1-2H3,(H,15,16). The fourth-order valence-electron chi connectivity index (χ4n) is 1.66. The molecule has 1 N–H and O–H groups in total. The Labute approximate surface area is 95.9 Å². The Hall–Kier alpha value is -1.42. The molecule has 1 atom stereocenters. The molecule has 0 bridgehead atoms. The van der Waals surface area contributed by atoms with Gasteiger partial charge in [0.1, 0.15) is 6.04 Å². The van der Waals surface area contributed by atoms with Crippen LogP contribution in [0.1, 0.15) is 25.5 Å². The van der Waals surface area contributed by atoms with Crippen LogP contribution in [0.15, 0.2) is 24.4 Å². The van der Waals surface area contributed by atoms with E-state index in [4.69, 9.17) is 5.11 Å². The average molecular weight is 222 g/mol. The van der Waals surface area contributed by atoms with Crippen molar-refractivity contribution in [3.05, 3.63) is 30.1 Å². The lowest BCUT2D eigenvalue weighted by Crippen LogP contribution is -2.38. The number of hydrogen-bond acceptors (Lipinski definition) is 3. The quantitative estimate of drug-likeness (QED) is 0.797. The second kappa shape index (κ2) is 6.23. The fourth-order valence-corrected chi connectivity index (χ4v) is 1.66. The molecule has 1 aromatic rings. The molecule has 0 aromatic carbocycles. The lowest BCUT2D eigenvalue weighted by molar-refractivity contribution is -0.143. The minimum absolute atomic E-state index is 0.424. The van der Waals surface area contributed by atoms with Crippen molar-refractivity contribution in [2.45, 2.75) is 32.4 Å². The number of carbonyl (C=O) groups is 1. The summed E-state index contributed by atoms with van der Waals surface area (Å²) in [4.78, 5) is 17.1. The van der Waals surface area contributed by atoms with Crippen molar-refractivity contribution < 1.29 is 9.90 Å². The largest absolute Gasteiger partial charge is 0.480 e. The summed E-state index contributed by atoms with van der Waals surface area (Å²) in [5.41, 5.74) is 0.896. The molecule has 4 nitrogen and oxygen atoms in total. The van der Waals surface area contributed by atoms with Crippen LogP contribution in [0.2, 0.25) is 0 Å². The van der Waals surface area contributed by atoms with E-state index < -0.39 is 12.0 Å². The average Bonchev–Trinajstić information content (AvgIpc) is 2.26. The van der Waals surface area contributed by atoms with Crippen LogP contribution < -0.4 is 0 Å². The molecule has 0 saturated carbocycles. The monoisotopic (exact) mass is 222 g/mol.